The molecule has 3 rings (SSSR count). The van der Waals surface area contributed by atoms with Gasteiger partial charge in [0, 0.05) is 18.2 Å². The van der Waals surface area contributed by atoms with Crippen molar-refractivity contribution < 1.29 is 13.9 Å². The van der Waals surface area contributed by atoms with E-state index < -0.39 is 5.91 Å². The lowest BCUT2D eigenvalue weighted by molar-refractivity contribution is 0.0997. The Bertz CT molecular complexity index is 1050. The zero-order chi connectivity index (χ0) is 19.0. The van der Waals surface area contributed by atoms with E-state index in [-0.39, 0.29) is 17.2 Å². The number of fused-ring (bicyclic) bond motifs is 1. The summed E-state index contributed by atoms with van der Waals surface area (Å²) in [6.45, 7) is 7.74. The molecule has 0 bridgehead atoms. The molecular weight excluding hydrogens is 334 g/mol. The minimum atomic E-state index is -0.499. The number of carbonyl (C=O) groups excluding carboxylic acids is 1. The largest absolute Gasteiger partial charge is 0.497 e. The van der Waals surface area contributed by atoms with Crippen molar-refractivity contribution in [1.29, 1.82) is 0 Å². The normalized spacial score (nSPS) is 11.2. The third kappa shape index (κ3) is 3.08. The van der Waals surface area contributed by atoms with E-state index in [9.17, 15) is 9.59 Å². The van der Waals surface area contributed by atoms with Gasteiger partial charge >= 0.3 is 0 Å². The zero-order valence-electron chi connectivity index (χ0n) is 15.4. The summed E-state index contributed by atoms with van der Waals surface area (Å²) >= 11 is 0. The van der Waals surface area contributed by atoms with Gasteiger partial charge in [0.25, 0.3) is 5.91 Å². The molecule has 1 aromatic carbocycles. The highest BCUT2D eigenvalue weighted by Crippen LogP contribution is 2.24. The van der Waals surface area contributed by atoms with Gasteiger partial charge in [0.05, 0.1) is 29.6 Å². The molecule has 1 N–H and O–H groups in total. The predicted molar refractivity (Wildman–Crippen MR) is 99.1 cm³/mol. The molecule has 3 aromatic rings. The van der Waals surface area contributed by atoms with Gasteiger partial charge in [0.2, 0.25) is 0 Å². The van der Waals surface area contributed by atoms with Gasteiger partial charge in [0.15, 0.2) is 11.2 Å². The van der Waals surface area contributed by atoms with Crippen molar-refractivity contribution in [2.24, 2.45) is 0 Å². The summed E-state index contributed by atoms with van der Waals surface area (Å²) in [4.78, 5) is 24.9. The fourth-order valence-electron chi connectivity index (χ4n) is 2.90. The Kier molecular flexibility index (Phi) is 4.54. The average Bonchev–Trinajstić information content (AvgIpc) is 2.89. The van der Waals surface area contributed by atoms with Crippen LogP contribution in [0.3, 0.4) is 0 Å². The predicted octanol–water partition coefficient (Wildman–Crippen LogP) is 3.45. The van der Waals surface area contributed by atoms with Gasteiger partial charge in [-0.1, -0.05) is 0 Å². The van der Waals surface area contributed by atoms with Gasteiger partial charge in [-0.15, -0.1) is 0 Å². The molecule has 136 valence electrons. The number of hydrogen-bond donors (Lipinski definition) is 1. The Morgan fingerprint density at radius 1 is 1.27 bits per heavy atom. The number of ether oxygens (including phenoxy) is 1. The maximum Gasteiger partial charge on any atom is 0.291 e. The number of amides is 1. The first kappa shape index (κ1) is 17.7. The van der Waals surface area contributed by atoms with Crippen LogP contribution in [0.1, 0.15) is 41.8 Å². The van der Waals surface area contributed by atoms with Crippen LogP contribution in [0.5, 0.6) is 5.75 Å². The average molecular weight is 355 g/mol. The standard InChI is InChI=1S/C19H21N3O4/c1-10(2)22-12(4)18(11(3)21-22)20-19(24)17-9-15(23)14-7-6-13(25-5)8-16(14)26-17/h6-10H,1-5H3,(H,20,24). The number of hydrogen-bond acceptors (Lipinski definition) is 5. The van der Waals surface area contributed by atoms with Crippen LogP contribution in [0, 0.1) is 13.8 Å². The molecule has 0 radical (unpaired) electrons. The zero-order valence-corrected chi connectivity index (χ0v) is 15.4. The molecule has 1 amide bonds. The van der Waals surface area contributed by atoms with Gasteiger partial charge in [-0.2, -0.15) is 5.10 Å². The molecule has 0 saturated heterocycles. The number of aromatic nitrogens is 2. The lowest BCUT2D eigenvalue weighted by Crippen LogP contribution is -2.16. The van der Waals surface area contributed by atoms with Crippen LogP contribution in [0.25, 0.3) is 11.0 Å². The van der Waals surface area contributed by atoms with Crippen molar-refractivity contribution in [1.82, 2.24) is 9.78 Å². The molecule has 0 unspecified atom stereocenters. The van der Waals surface area contributed by atoms with Crippen molar-refractivity contribution in [3.8, 4) is 5.75 Å². The number of aryl methyl sites for hydroxylation is 1. The summed E-state index contributed by atoms with van der Waals surface area (Å²) in [6.07, 6.45) is 0. The van der Waals surface area contributed by atoms with Crippen LogP contribution in [0.4, 0.5) is 5.69 Å². The van der Waals surface area contributed by atoms with Crippen LogP contribution in [-0.2, 0) is 0 Å². The van der Waals surface area contributed by atoms with Crippen molar-refractivity contribution >= 4 is 22.6 Å². The third-order valence-corrected chi connectivity index (χ3v) is 4.21. The summed E-state index contributed by atoms with van der Waals surface area (Å²) in [5, 5.41) is 7.64. The Hall–Kier alpha value is -3.09. The first-order valence-corrected chi connectivity index (χ1v) is 8.30. The van der Waals surface area contributed by atoms with Gasteiger partial charge in [-0.05, 0) is 39.8 Å². The smallest absolute Gasteiger partial charge is 0.291 e. The second-order valence-electron chi connectivity index (χ2n) is 6.38. The summed E-state index contributed by atoms with van der Waals surface area (Å²) in [5.74, 6) is -0.0173. The Balaban J connectivity index is 1.99. The van der Waals surface area contributed by atoms with Gasteiger partial charge in [0.1, 0.15) is 11.3 Å². The van der Waals surface area contributed by atoms with E-state index in [0.717, 1.165) is 5.69 Å². The minimum Gasteiger partial charge on any atom is -0.497 e. The SMILES string of the molecule is COc1ccc2c(=O)cc(C(=O)Nc3c(C)nn(C(C)C)c3C)oc2c1. The Labute approximate surface area is 150 Å². The van der Waals surface area contributed by atoms with Crippen LogP contribution < -0.4 is 15.5 Å². The van der Waals surface area contributed by atoms with Crippen LogP contribution in [0.15, 0.2) is 33.5 Å². The van der Waals surface area contributed by atoms with Crippen molar-refractivity contribution in [3.63, 3.8) is 0 Å². The maximum absolute atomic E-state index is 12.6. The second kappa shape index (κ2) is 6.67. The Morgan fingerprint density at radius 3 is 2.62 bits per heavy atom. The van der Waals surface area contributed by atoms with E-state index in [1.807, 2.05) is 32.4 Å². The number of rotatable bonds is 4. The van der Waals surface area contributed by atoms with Crippen LogP contribution in [0.2, 0.25) is 0 Å². The highest BCUT2D eigenvalue weighted by atomic mass is 16.5. The quantitative estimate of drug-likeness (QED) is 0.775. The van der Waals surface area contributed by atoms with E-state index in [4.69, 9.17) is 9.15 Å². The number of nitrogens with one attached hydrogen (secondary N) is 1. The third-order valence-electron chi connectivity index (χ3n) is 4.21. The highest BCUT2D eigenvalue weighted by molar-refractivity contribution is 6.03. The van der Waals surface area contributed by atoms with E-state index in [0.29, 0.717) is 28.1 Å². The topological polar surface area (TPSA) is 86.4 Å². The number of nitrogens with zero attached hydrogens (tertiary/aromatic N) is 2. The minimum absolute atomic E-state index is 0.0631. The lowest BCUT2D eigenvalue weighted by Gasteiger charge is -2.09. The lowest BCUT2D eigenvalue weighted by atomic mass is 10.2. The van der Waals surface area contributed by atoms with E-state index in [1.54, 1.807) is 18.2 Å². The molecule has 0 fully saturated rings. The molecule has 7 nitrogen and oxygen atoms in total. The fraction of sp³-hybridized carbons (Fsp3) is 0.316. The first-order valence-electron chi connectivity index (χ1n) is 8.30. The maximum atomic E-state index is 12.6. The number of methoxy groups -OCH3 is 1. The van der Waals surface area contributed by atoms with Gasteiger partial charge in [-0.3, -0.25) is 14.3 Å². The highest BCUT2D eigenvalue weighted by Gasteiger charge is 2.19. The molecule has 2 heterocycles. The van der Waals surface area contributed by atoms with Crippen molar-refractivity contribution in [3.05, 3.63) is 51.6 Å². The molecular formula is C19H21N3O4. The van der Waals surface area contributed by atoms with Crippen LogP contribution in [-0.4, -0.2) is 22.8 Å². The molecule has 0 aliphatic carbocycles. The fourth-order valence-corrected chi connectivity index (χ4v) is 2.90. The monoisotopic (exact) mass is 355 g/mol. The summed E-state index contributed by atoms with van der Waals surface area (Å²) in [5.41, 5.74) is 2.18. The number of carbonyl (C=O) groups is 1. The number of anilines is 1. The molecule has 2 aromatic heterocycles. The second-order valence-corrected chi connectivity index (χ2v) is 6.38. The van der Waals surface area contributed by atoms with Crippen molar-refractivity contribution in [2.45, 2.75) is 33.7 Å². The first-order chi connectivity index (χ1) is 12.3. The van der Waals surface area contributed by atoms with E-state index >= 15 is 0 Å². The molecule has 0 spiro atoms. The Morgan fingerprint density at radius 2 is 2.00 bits per heavy atom. The van der Waals surface area contributed by atoms with E-state index in [2.05, 4.69) is 10.4 Å². The van der Waals surface area contributed by atoms with Crippen LogP contribution >= 0.6 is 0 Å². The van der Waals surface area contributed by atoms with Crippen molar-refractivity contribution in [2.75, 3.05) is 12.4 Å². The molecule has 0 saturated carbocycles. The summed E-state index contributed by atoms with van der Waals surface area (Å²) in [7, 11) is 1.52. The molecule has 0 aliphatic heterocycles. The molecule has 0 aliphatic rings. The van der Waals surface area contributed by atoms with E-state index in [1.165, 1.54) is 13.2 Å². The van der Waals surface area contributed by atoms with Gasteiger partial charge in [-0.25, -0.2) is 0 Å². The summed E-state index contributed by atoms with van der Waals surface area (Å²) < 4.78 is 12.6. The molecule has 0 atom stereocenters. The molecule has 26 heavy (non-hydrogen) atoms. The number of benzene rings is 1. The molecule has 7 heteroatoms. The van der Waals surface area contributed by atoms with Gasteiger partial charge < -0.3 is 14.5 Å². The summed E-state index contributed by atoms with van der Waals surface area (Å²) in [6, 6.07) is 6.24.